The molecule has 1 N–H and O–H groups in total. The zero-order chi connectivity index (χ0) is 9.38. The van der Waals surface area contributed by atoms with E-state index in [9.17, 15) is 0 Å². The molecule has 1 atom stereocenters. The van der Waals surface area contributed by atoms with Crippen molar-refractivity contribution in [2.45, 2.75) is 18.8 Å². The van der Waals surface area contributed by atoms with E-state index in [-0.39, 0.29) is 0 Å². The van der Waals surface area contributed by atoms with Gasteiger partial charge in [-0.15, -0.1) is 0 Å². The van der Waals surface area contributed by atoms with Gasteiger partial charge in [0.25, 0.3) is 0 Å². The zero-order valence-electron chi connectivity index (χ0n) is 8.58. The third-order valence-electron chi connectivity index (χ3n) is 4.04. The van der Waals surface area contributed by atoms with Gasteiger partial charge in [-0.1, -0.05) is 30.3 Å². The van der Waals surface area contributed by atoms with Crippen LogP contribution in [0.25, 0.3) is 0 Å². The number of fused-ring (bicyclic) bond motifs is 3. The summed E-state index contributed by atoms with van der Waals surface area (Å²) in [7, 11) is 0. The first kappa shape index (κ1) is 8.49. The lowest BCUT2D eigenvalue weighted by Gasteiger charge is -2.42. The van der Waals surface area contributed by atoms with Crippen LogP contribution < -0.4 is 4.90 Å². The number of piperidine rings is 3. The van der Waals surface area contributed by atoms with Gasteiger partial charge in [-0.05, 0) is 11.5 Å². The van der Waals surface area contributed by atoms with Gasteiger partial charge in [0.1, 0.15) is 0 Å². The SMILES string of the molecule is c1ccc([C@H]2C[NH+]3CCC2CC3)cc1. The number of hydrogen-bond donors (Lipinski definition) is 1. The Labute approximate surface area is 85.7 Å². The Kier molecular flexibility index (Phi) is 2.06. The molecule has 0 saturated carbocycles. The molecule has 74 valence electrons. The fraction of sp³-hybridized carbons (Fsp3) is 0.538. The molecule has 0 aromatic heterocycles. The lowest BCUT2D eigenvalue weighted by molar-refractivity contribution is -0.918. The maximum atomic E-state index is 2.31. The Hall–Kier alpha value is -0.820. The molecular formula is C13H18N+. The van der Waals surface area contributed by atoms with Crippen molar-refractivity contribution in [3.63, 3.8) is 0 Å². The standard InChI is InChI=1S/C13H17N/c1-2-4-11(5-3-1)13-10-14-8-6-12(13)7-9-14/h1-5,12-13H,6-10H2/p+1/t13-/m1/s1. The molecule has 3 heterocycles. The van der Waals surface area contributed by atoms with Crippen molar-refractivity contribution in [3.8, 4) is 0 Å². The van der Waals surface area contributed by atoms with Gasteiger partial charge in [-0.2, -0.15) is 0 Å². The van der Waals surface area contributed by atoms with E-state index in [0.29, 0.717) is 0 Å². The summed E-state index contributed by atoms with van der Waals surface area (Å²) >= 11 is 0. The average Bonchev–Trinajstić information content (AvgIpc) is 2.32. The van der Waals surface area contributed by atoms with Crippen molar-refractivity contribution < 1.29 is 4.90 Å². The predicted molar refractivity (Wildman–Crippen MR) is 57.5 cm³/mol. The lowest BCUT2D eigenvalue weighted by Crippen LogP contribution is -3.15. The second-order valence-electron chi connectivity index (χ2n) is 4.81. The molecule has 14 heavy (non-hydrogen) atoms. The minimum atomic E-state index is 0.855. The van der Waals surface area contributed by atoms with Crippen molar-refractivity contribution in [1.82, 2.24) is 0 Å². The van der Waals surface area contributed by atoms with Crippen molar-refractivity contribution in [2.75, 3.05) is 19.6 Å². The fourth-order valence-corrected chi connectivity index (χ4v) is 3.22. The quantitative estimate of drug-likeness (QED) is 0.672. The van der Waals surface area contributed by atoms with Gasteiger partial charge in [0.05, 0.1) is 19.6 Å². The molecule has 1 aromatic carbocycles. The molecule has 3 saturated heterocycles. The topological polar surface area (TPSA) is 4.44 Å². The normalized spacial score (nSPS) is 35.9. The lowest BCUT2D eigenvalue weighted by atomic mass is 9.75. The average molecular weight is 188 g/mol. The molecule has 1 heteroatoms. The number of nitrogens with one attached hydrogen (secondary N) is 1. The first-order valence-electron chi connectivity index (χ1n) is 5.82. The minimum Gasteiger partial charge on any atom is -0.334 e. The van der Waals surface area contributed by atoms with Crippen LogP contribution in [0.2, 0.25) is 0 Å². The molecule has 3 fully saturated rings. The van der Waals surface area contributed by atoms with Gasteiger partial charge in [-0.3, -0.25) is 0 Å². The van der Waals surface area contributed by atoms with Crippen LogP contribution in [0.5, 0.6) is 0 Å². The van der Waals surface area contributed by atoms with E-state index in [2.05, 4.69) is 30.3 Å². The second-order valence-corrected chi connectivity index (χ2v) is 4.81. The largest absolute Gasteiger partial charge is 0.334 e. The molecule has 1 nitrogen and oxygen atoms in total. The summed E-state index contributed by atoms with van der Waals surface area (Å²) in [5, 5.41) is 0. The molecule has 0 radical (unpaired) electrons. The number of quaternary nitrogens is 1. The van der Waals surface area contributed by atoms with Crippen molar-refractivity contribution in [2.24, 2.45) is 5.92 Å². The van der Waals surface area contributed by atoms with Gasteiger partial charge >= 0.3 is 0 Å². The van der Waals surface area contributed by atoms with Crippen molar-refractivity contribution in [1.29, 1.82) is 0 Å². The number of hydrogen-bond acceptors (Lipinski definition) is 0. The van der Waals surface area contributed by atoms with Crippen LogP contribution in [0, 0.1) is 5.92 Å². The van der Waals surface area contributed by atoms with E-state index < -0.39 is 0 Å². The van der Waals surface area contributed by atoms with Crippen LogP contribution in [0.3, 0.4) is 0 Å². The van der Waals surface area contributed by atoms with E-state index in [4.69, 9.17) is 0 Å². The van der Waals surface area contributed by atoms with Crippen LogP contribution in [-0.2, 0) is 0 Å². The zero-order valence-corrected chi connectivity index (χ0v) is 8.58. The highest BCUT2D eigenvalue weighted by molar-refractivity contribution is 5.21. The summed E-state index contributed by atoms with van der Waals surface area (Å²) in [6.45, 7) is 4.23. The van der Waals surface area contributed by atoms with Crippen LogP contribution in [0.1, 0.15) is 24.3 Å². The molecule has 2 bridgehead atoms. The smallest absolute Gasteiger partial charge is 0.0843 e. The Bertz CT molecular complexity index is 298. The second kappa shape index (κ2) is 3.39. The Balaban J connectivity index is 1.86. The highest BCUT2D eigenvalue weighted by Gasteiger charge is 2.37. The molecule has 3 aliphatic rings. The third-order valence-corrected chi connectivity index (χ3v) is 4.04. The van der Waals surface area contributed by atoms with Crippen LogP contribution >= 0.6 is 0 Å². The van der Waals surface area contributed by atoms with E-state index in [1.807, 2.05) is 4.90 Å². The highest BCUT2D eigenvalue weighted by atomic mass is 15.1. The van der Waals surface area contributed by atoms with Gasteiger partial charge in [-0.25, -0.2) is 0 Å². The monoisotopic (exact) mass is 188 g/mol. The molecule has 0 amide bonds. The summed E-state index contributed by atoms with van der Waals surface area (Å²) in [4.78, 5) is 1.83. The molecular weight excluding hydrogens is 170 g/mol. The maximum absolute atomic E-state index is 2.31. The number of benzene rings is 1. The van der Waals surface area contributed by atoms with Crippen molar-refractivity contribution in [3.05, 3.63) is 35.9 Å². The van der Waals surface area contributed by atoms with Gasteiger partial charge in [0.15, 0.2) is 0 Å². The van der Waals surface area contributed by atoms with Crippen LogP contribution in [0.15, 0.2) is 30.3 Å². The van der Waals surface area contributed by atoms with Crippen LogP contribution in [0.4, 0.5) is 0 Å². The minimum absolute atomic E-state index is 0.855. The molecule has 1 aromatic rings. The van der Waals surface area contributed by atoms with Crippen LogP contribution in [-0.4, -0.2) is 19.6 Å². The summed E-state index contributed by atoms with van der Waals surface area (Å²) in [6, 6.07) is 11.1. The van der Waals surface area contributed by atoms with Gasteiger partial charge < -0.3 is 4.90 Å². The fourth-order valence-electron chi connectivity index (χ4n) is 3.22. The first-order valence-corrected chi connectivity index (χ1v) is 5.82. The third kappa shape index (κ3) is 1.36. The van der Waals surface area contributed by atoms with Crippen molar-refractivity contribution >= 4 is 0 Å². The molecule has 0 aliphatic carbocycles. The van der Waals surface area contributed by atoms with E-state index in [1.165, 1.54) is 32.5 Å². The number of rotatable bonds is 1. The highest BCUT2D eigenvalue weighted by Crippen LogP contribution is 2.32. The summed E-state index contributed by atoms with van der Waals surface area (Å²) in [5.74, 6) is 1.84. The molecule has 0 unspecified atom stereocenters. The van der Waals surface area contributed by atoms with E-state index in [0.717, 1.165) is 11.8 Å². The van der Waals surface area contributed by atoms with Gasteiger partial charge in [0.2, 0.25) is 0 Å². The Morgan fingerprint density at radius 1 is 1.00 bits per heavy atom. The summed E-state index contributed by atoms with van der Waals surface area (Å²) in [6.07, 6.45) is 2.91. The Morgan fingerprint density at radius 3 is 2.29 bits per heavy atom. The maximum Gasteiger partial charge on any atom is 0.0843 e. The molecule has 3 aliphatic heterocycles. The molecule has 4 rings (SSSR count). The Morgan fingerprint density at radius 2 is 1.71 bits per heavy atom. The van der Waals surface area contributed by atoms with E-state index >= 15 is 0 Å². The first-order chi connectivity index (χ1) is 6.93. The summed E-state index contributed by atoms with van der Waals surface area (Å²) in [5.41, 5.74) is 1.58. The molecule has 0 spiro atoms. The summed E-state index contributed by atoms with van der Waals surface area (Å²) < 4.78 is 0. The van der Waals surface area contributed by atoms with Gasteiger partial charge in [0, 0.05) is 18.8 Å². The van der Waals surface area contributed by atoms with E-state index in [1.54, 1.807) is 5.56 Å². The predicted octanol–water partition coefficient (Wildman–Crippen LogP) is 1.08.